The predicted molar refractivity (Wildman–Crippen MR) is 111 cm³/mol. The van der Waals surface area contributed by atoms with Crippen LogP contribution < -0.4 is 11.1 Å². The van der Waals surface area contributed by atoms with Crippen molar-refractivity contribution in [3.05, 3.63) is 45.4 Å². The number of hydrogen-bond acceptors (Lipinski definition) is 6. The number of nitrogens with zero attached hydrogens (tertiary/aromatic N) is 4. The smallest absolute Gasteiger partial charge is 0.407 e. The van der Waals surface area contributed by atoms with Crippen molar-refractivity contribution < 1.29 is 9.53 Å². The van der Waals surface area contributed by atoms with E-state index in [2.05, 4.69) is 43.0 Å². The van der Waals surface area contributed by atoms with Crippen molar-refractivity contribution >= 4 is 45.5 Å². The third-order valence-corrected chi connectivity index (χ3v) is 4.46. The van der Waals surface area contributed by atoms with E-state index in [1.165, 1.54) is 6.33 Å². The van der Waals surface area contributed by atoms with Gasteiger partial charge in [-0.15, -0.1) is 0 Å². The van der Waals surface area contributed by atoms with Crippen LogP contribution in [-0.2, 0) is 17.8 Å². The molecule has 3 rings (SSSR count). The van der Waals surface area contributed by atoms with E-state index in [4.69, 9.17) is 10.5 Å². The standard InChI is InChI=1S/C18H21IN6O2/c1-18(2,3)27-17(26)21-8-11-4-6-12(7-5-11)9-25-16-13(14(19)24-25)15(20)22-10-23-16/h4-7,10H,8-9H2,1-3H3,(H,21,26)(H2,20,22,23). The lowest BCUT2D eigenvalue weighted by Crippen LogP contribution is -2.32. The molecule has 3 aromatic rings. The number of carbonyl (C=O) groups is 1. The monoisotopic (exact) mass is 480 g/mol. The second-order valence-corrected chi connectivity index (χ2v) is 8.10. The molecule has 0 saturated carbocycles. The maximum Gasteiger partial charge on any atom is 0.407 e. The number of benzene rings is 1. The Morgan fingerprint density at radius 2 is 1.89 bits per heavy atom. The van der Waals surface area contributed by atoms with Gasteiger partial charge in [-0.3, -0.25) is 0 Å². The van der Waals surface area contributed by atoms with E-state index in [1.807, 2.05) is 49.7 Å². The Labute approximate surface area is 170 Å². The highest BCUT2D eigenvalue weighted by Crippen LogP contribution is 2.23. The van der Waals surface area contributed by atoms with Crippen molar-refractivity contribution in [1.82, 2.24) is 25.1 Å². The van der Waals surface area contributed by atoms with E-state index in [1.54, 1.807) is 0 Å². The van der Waals surface area contributed by atoms with E-state index in [9.17, 15) is 4.79 Å². The lowest BCUT2D eigenvalue weighted by Gasteiger charge is -2.19. The Bertz CT molecular complexity index is 962. The zero-order valence-corrected chi connectivity index (χ0v) is 17.5. The largest absolute Gasteiger partial charge is 0.444 e. The van der Waals surface area contributed by atoms with Crippen molar-refractivity contribution in [3.63, 3.8) is 0 Å². The number of fused-ring (bicyclic) bond motifs is 1. The average Bonchev–Trinajstić information content (AvgIpc) is 2.90. The third kappa shape index (κ3) is 4.85. The normalized spacial score (nSPS) is 11.6. The van der Waals surface area contributed by atoms with Crippen molar-refractivity contribution in [1.29, 1.82) is 0 Å². The van der Waals surface area contributed by atoms with E-state index >= 15 is 0 Å². The molecule has 0 aliphatic heterocycles. The van der Waals surface area contributed by atoms with Crippen molar-refractivity contribution in [2.75, 3.05) is 5.73 Å². The minimum Gasteiger partial charge on any atom is -0.444 e. The number of halogens is 1. The summed E-state index contributed by atoms with van der Waals surface area (Å²) in [6, 6.07) is 7.92. The Hall–Kier alpha value is -2.43. The van der Waals surface area contributed by atoms with E-state index in [0.29, 0.717) is 24.6 Å². The molecule has 0 aliphatic rings. The van der Waals surface area contributed by atoms with E-state index in [-0.39, 0.29) is 0 Å². The number of hydrogen-bond donors (Lipinski definition) is 2. The van der Waals surface area contributed by atoms with Gasteiger partial charge in [-0.05, 0) is 54.5 Å². The van der Waals surface area contributed by atoms with Crippen LogP contribution >= 0.6 is 22.6 Å². The highest BCUT2D eigenvalue weighted by molar-refractivity contribution is 14.1. The van der Waals surface area contributed by atoms with Gasteiger partial charge >= 0.3 is 6.09 Å². The van der Waals surface area contributed by atoms with Gasteiger partial charge in [0, 0.05) is 6.54 Å². The van der Waals surface area contributed by atoms with Crippen LogP contribution in [-0.4, -0.2) is 31.4 Å². The number of carbonyl (C=O) groups excluding carboxylic acids is 1. The summed E-state index contributed by atoms with van der Waals surface area (Å²) in [5.74, 6) is 0.430. The van der Waals surface area contributed by atoms with Gasteiger partial charge in [0.05, 0.1) is 11.9 Å². The van der Waals surface area contributed by atoms with E-state index in [0.717, 1.165) is 20.2 Å². The molecule has 0 spiro atoms. The molecule has 1 aromatic carbocycles. The molecule has 27 heavy (non-hydrogen) atoms. The first-order chi connectivity index (χ1) is 12.7. The Balaban J connectivity index is 1.67. The zero-order chi connectivity index (χ0) is 19.6. The molecule has 0 unspecified atom stereocenters. The van der Waals surface area contributed by atoms with Gasteiger partial charge in [0.1, 0.15) is 21.4 Å². The Morgan fingerprint density at radius 3 is 2.56 bits per heavy atom. The van der Waals surface area contributed by atoms with Crippen LogP contribution in [0.1, 0.15) is 31.9 Å². The SMILES string of the molecule is CC(C)(C)OC(=O)NCc1ccc(Cn2nc(I)c3c(N)ncnc32)cc1. The summed E-state index contributed by atoms with van der Waals surface area (Å²) in [5, 5.41) is 8.03. The number of amides is 1. The van der Waals surface area contributed by atoms with Crippen molar-refractivity contribution in [2.24, 2.45) is 0 Å². The van der Waals surface area contributed by atoms with Gasteiger partial charge in [0.2, 0.25) is 0 Å². The molecule has 142 valence electrons. The van der Waals surface area contributed by atoms with Crippen LogP contribution in [0.3, 0.4) is 0 Å². The van der Waals surface area contributed by atoms with E-state index < -0.39 is 11.7 Å². The third-order valence-electron chi connectivity index (χ3n) is 3.71. The molecular formula is C18H21IN6O2. The summed E-state index contributed by atoms with van der Waals surface area (Å²) in [6.07, 6.45) is 1.01. The minimum atomic E-state index is -0.509. The molecule has 0 fully saturated rings. The summed E-state index contributed by atoms with van der Waals surface area (Å²) < 4.78 is 7.82. The number of rotatable bonds is 4. The number of alkyl carbamates (subject to hydrolysis) is 1. The summed E-state index contributed by atoms with van der Waals surface area (Å²) >= 11 is 2.13. The van der Waals surface area contributed by atoms with Gasteiger partial charge < -0.3 is 15.8 Å². The fourth-order valence-corrected chi connectivity index (χ4v) is 3.30. The summed E-state index contributed by atoms with van der Waals surface area (Å²) in [6.45, 7) is 6.47. The van der Waals surface area contributed by atoms with Crippen LogP contribution in [0, 0.1) is 3.70 Å². The molecule has 3 N–H and O–H groups in total. The quantitative estimate of drug-likeness (QED) is 0.556. The average molecular weight is 480 g/mol. The number of anilines is 1. The first-order valence-electron chi connectivity index (χ1n) is 8.40. The number of nitrogens with one attached hydrogen (secondary N) is 1. The zero-order valence-electron chi connectivity index (χ0n) is 15.4. The fraction of sp³-hybridized carbons (Fsp3) is 0.333. The molecule has 0 saturated heterocycles. The van der Waals surface area contributed by atoms with Crippen LogP contribution in [0.2, 0.25) is 0 Å². The first-order valence-corrected chi connectivity index (χ1v) is 9.48. The van der Waals surface area contributed by atoms with Crippen molar-refractivity contribution in [2.45, 2.75) is 39.5 Å². The van der Waals surface area contributed by atoms with Crippen LogP contribution in [0.25, 0.3) is 11.0 Å². The van der Waals surface area contributed by atoms with Gasteiger partial charge in [0.25, 0.3) is 0 Å². The summed E-state index contributed by atoms with van der Waals surface area (Å²) in [4.78, 5) is 20.0. The van der Waals surface area contributed by atoms with Gasteiger partial charge in [-0.1, -0.05) is 24.3 Å². The van der Waals surface area contributed by atoms with Crippen LogP contribution in [0.15, 0.2) is 30.6 Å². The Morgan fingerprint density at radius 1 is 1.22 bits per heavy atom. The molecule has 2 aromatic heterocycles. The Kier molecular flexibility index (Phi) is 5.49. The molecule has 8 nitrogen and oxygen atoms in total. The number of ether oxygens (including phenoxy) is 1. The topological polar surface area (TPSA) is 108 Å². The highest BCUT2D eigenvalue weighted by Gasteiger charge is 2.16. The second kappa shape index (κ2) is 7.67. The molecule has 0 atom stereocenters. The predicted octanol–water partition coefficient (Wildman–Crippen LogP) is 3.09. The highest BCUT2D eigenvalue weighted by atomic mass is 127. The number of nitrogen functional groups attached to an aromatic ring is 1. The molecule has 0 radical (unpaired) electrons. The number of nitrogens with two attached hydrogens (primary N) is 1. The molecule has 0 bridgehead atoms. The molecule has 9 heteroatoms. The summed E-state index contributed by atoms with van der Waals surface area (Å²) in [5.41, 5.74) is 8.17. The second-order valence-electron chi connectivity index (χ2n) is 7.08. The molecule has 0 aliphatic carbocycles. The molecule has 2 heterocycles. The molecule has 1 amide bonds. The van der Waals surface area contributed by atoms with Crippen LogP contribution in [0.4, 0.5) is 10.6 Å². The maximum absolute atomic E-state index is 11.7. The lowest BCUT2D eigenvalue weighted by atomic mass is 10.1. The van der Waals surface area contributed by atoms with Crippen molar-refractivity contribution in [3.8, 4) is 0 Å². The lowest BCUT2D eigenvalue weighted by molar-refractivity contribution is 0.0523. The molecular weight excluding hydrogens is 459 g/mol. The minimum absolute atomic E-state index is 0.404. The summed E-state index contributed by atoms with van der Waals surface area (Å²) in [7, 11) is 0. The van der Waals surface area contributed by atoms with Gasteiger partial charge in [0.15, 0.2) is 5.65 Å². The van der Waals surface area contributed by atoms with Gasteiger partial charge in [-0.2, -0.15) is 5.10 Å². The maximum atomic E-state index is 11.7. The number of aromatic nitrogens is 4. The first kappa shape index (κ1) is 19.3. The van der Waals surface area contributed by atoms with Gasteiger partial charge in [-0.25, -0.2) is 19.4 Å². The fourth-order valence-electron chi connectivity index (χ4n) is 2.52. The van der Waals surface area contributed by atoms with Crippen LogP contribution in [0.5, 0.6) is 0 Å².